The largest absolute Gasteiger partial charge is 0.459 e. The Morgan fingerprint density at radius 1 is 1.00 bits per heavy atom. The highest BCUT2D eigenvalue weighted by Crippen LogP contribution is 2.13. The minimum absolute atomic E-state index is 0.0700. The van der Waals surface area contributed by atoms with Crippen LogP contribution >= 0.6 is 0 Å². The van der Waals surface area contributed by atoms with Crippen LogP contribution in [0.25, 0.3) is 0 Å². The van der Waals surface area contributed by atoms with Gasteiger partial charge < -0.3 is 9.15 Å². The SMILES string of the molecule is CC(C)(C)OC(=O)Nc1cccc(C(=O)NNC(=O)c2ccco2)c1. The molecule has 0 saturated carbocycles. The maximum atomic E-state index is 12.1. The molecule has 1 aromatic heterocycles. The molecule has 8 nitrogen and oxygen atoms in total. The van der Waals surface area contributed by atoms with Crippen molar-refractivity contribution in [3.8, 4) is 0 Å². The molecule has 2 rings (SSSR count). The van der Waals surface area contributed by atoms with Crippen molar-refractivity contribution < 1.29 is 23.5 Å². The first kappa shape index (κ1) is 18.1. The summed E-state index contributed by atoms with van der Waals surface area (Å²) in [7, 11) is 0. The monoisotopic (exact) mass is 345 g/mol. The van der Waals surface area contributed by atoms with Gasteiger partial charge in [-0.2, -0.15) is 0 Å². The molecule has 3 N–H and O–H groups in total. The molecule has 0 aliphatic heterocycles. The van der Waals surface area contributed by atoms with E-state index in [1.54, 1.807) is 39.0 Å². The van der Waals surface area contributed by atoms with Crippen molar-refractivity contribution in [2.24, 2.45) is 0 Å². The van der Waals surface area contributed by atoms with Crippen LogP contribution in [-0.2, 0) is 4.74 Å². The molecule has 0 radical (unpaired) electrons. The Bertz CT molecular complexity index is 763. The van der Waals surface area contributed by atoms with E-state index in [0.717, 1.165) is 0 Å². The Morgan fingerprint density at radius 2 is 1.72 bits per heavy atom. The molecule has 0 spiro atoms. The van der Waals surface area contributed by atoms with Crippen LogP contribution in [0.15, 0.2) is 47.1 Å². The van der Waals surface area contributed by atoms with Gasteiger partial charge in [-0.05, 0) is 51.1 Å². The maximum absolute atomic E-state index is 12.1. The molecule has 8 heteroatoms. The first-order chi connectivity index (χ1) is 11.7. The molecule has 0 atom stereocenters. The quantitative estimate of drug-likeness (QED) is 0.741. The van der Waals surface area contributed by atoms with E-state index >= 15 is 0 Å². The van der Waals surface area contributed by atoms with Crippen molar-refractivity contribution in [3.63, 3.8) is 0 Å². The van der Waals surface area contributed by atoms with E-state index < -0.39 is 23.5 Å². The number of nitrogens with one attached hydrogen (secondary N) is 3. The third kappa shape index (κ3) is 5.69. The van der Waals surface area contributed by atoms with Crippen LogP contribution in [0, 0.1) is 0 Å². The summed E-state index contributed by atoms with van der Waals surface area (Å²) < 4.78 is 10.1. The summed E-state index contributed by atoms with van der Waals surface area (Å²) in [6.07, 6.45) is 0.721. The van der Waals surface area contributed by atoms with E-state index in [2.05, 4.69) is 16.2 Å². The molecule has 3 amide bonds. The van der Waals surface area contributed by atoms with Crippen LogP contribution in [-0.4, -0.2) is 23.5 Å². The Kier molecular flexibility index (Phi) is 5.43. The van der Waals surface area contributed by atoms with Crippen molar-refractivity contribution in [3.05, 3.63) is 54.0 Å². The summed E-state index contributed by atoms with van der Waals surface area (Å²) in [5, 5.41) is 2.54. The van der Waals surface area contributed by atoms with E-state index in [4.69, 9.17) is 9.15 Å². The average molecular weight is 345 g/mol. The molecule has 132 valence electrons. The minimum atomic E-state index is -0.630. The summed E-state index contributed by atoms with van der Waals surface area (Å²) in [6, 6.07) is 9.22. The van der Waals surface area contributed by atoms with E-state index in [9.17, 15) is 14.4 Å². The van der Waals surface area contributed by atoms with Gasteiger partial charge in [0.25, 0.3) is 5.91 Å². The van der Waals surface area contributed by atoms with Crippen LogP contribution in [0.1, 0.15) is 41.7 Å². The van der Waals surface area contributed by atoms with Crippen LogP contribution in [0.5, 0.6) is 0 Å². The van der Waals surface area contributed by atoms with Crippen molar-refractivity contribution >= 4 is 23.6 Å². The molecular formula is C17H19N3O5. The van der Waals surface area contributed by atoms with Crippen LogP contribution in [0.2, 0.25) is 0 Å². The first-order valence-electron chi connectivity index (χ1n) is 7.49. The summed E-state index contributed by atoms with van der Waals surface area (Å²) in [4.78, 5) is 35.5. The highest BCUT2D eigenvalue weighted by molar-refractivity contribution is 5.99. The van der Waals surface area contributed by atoms with Gasteiger partial charge >= 0.3 is 12.0 Å². The van der Waals surface area contributed by atoms with Gasteiger partial charge in [-0.15, -0.1) is 0 Å². The molecule has 1 aromatic carbocycles. The highest BCUT2D eigenvalue weighted by Gasteiger charge is 2.17. The predicted molar refractivity (Wildman–Crippen MR) is 89.9 cm³/mol. The molecule has 0 bridgehead atoms. The summed E-state index contributed by atoms with van der Waals surface area (Å²) in [5.74, 6) is -1.06. The van der Waals surface area contributed by atoms with Gasteiger partial charge in [-0.25, -0.2) is 4.79 Å². The van der Waals surface area contributed by atoms with Gasteiger partial charge in [0.05, 0.1) is 6.26 Å². The molecule has 2 aromatic rings. The molecule has 0 aliphatic carbocycles. The lowest BCUT2D eigenvalue weighted by Crippen LogP contribution is -2.41. The number of ether oxygens (including phenoxy) is 1. The van der Waals surface area contributed by atoms with Gasteiger partial charge in [0.15, 0.2) is 5.76 Å². The van der Waals surface area contributed by atoms with E-state index in [0.29, 0.717) is 5.69 Å². The fourth-order valence-corrected chi connectivity index (χ4v) is 1.81. The number of hydrazine groups is 1. The fourth-order valence-electron chi connectivity index (χ4n) is 1.81. The van der Waals surface area contributed by atoms with Gasteiger partial charge in [-0.1, -0.05) is 6.07 Å². The van der Waals surface area contributed by atoms with Crippen molar-refractivity contribution in [1.82, 2.24) is 10.9 Å². The second kappa shape index (κ2) is 7.52. The average Bonchev–Trinajstić information content (AvgIpc) is 3.05. The topological polar surface area (TPSA) is 110 Å². The normalized spacial score (nSPS) is 10.7. The van der Waals surface area contributed by atoms with Crippen LogP contribution in [0.3, 0.4) is 0 Å². The Morgan fingerprint density at radius 3 is 2.36 bits per heavy atom. The second-order valence-electron chi connectivity index (χ2n) is 6.09. The van der Waals surface area contributed by atoms with Crippen molar-refractivity contribution in [1.29, 1.82) is 0 Å². The van der Waals surface area contributed by atoms with Crippen LogP contribution in [0.4, 0.5) is 10.5 Å². The Hall–Kier alpha value is -3.29. The molecule has 0 fully saturated rings. The lowest BCUT2D eigenvalue weighted by Gasteiger charge is -2.19. The lowest BCUT2D eigenvalue weighted by atomic mass is 10.2. The van der Waals surface area contributed by atoms with E-state index in [1.165, 1.54) is 24.5 Å². The zero-order chi connectivity index (χ0) is 18.4. The van der Waals surface area contributed by atoms with Crippen molar-refractivity contribution in [2.45, 2.75) is 26.4 Å². The fraction of sp³-hybridized carbons (Fsp3) is 0.235. The number of carbonyl (C=O) groups is 3. The Labute approximate surface area is 144 Å². The zero-order valence-corrected chi connectivity index (χ0v) is 14.1. The van der Waals surface area contributed by atoms with Crippen LogP contribution < -0.4 is 16.2 Å². The molecular weight excluding hydrogens is 326 g/mol. The smallest absolute Gasteiger partial charge is 0.412 e. The molecule has 0 aliphatic rings. The maximum Gasteiger partial charge on any atom is 0.412 e. The standard InChI is InChI=1S/C17H19N3O5/c1-17(2,3)25-16(23)18-12-7-4-6-11(10-12)14(21)19-20-15(22)13-8-5-9-24-13/h4-10H,1-3H3,(H,18,23)(H,19,21)(H,20,22). The predicted octanol–water partition coefficient (Wildman–Crippen LogP) is 2.70. The van der Waals surface area contributed by atoms with Gasteiger partial charge in [0.2, 0.25) is 0 Å². The number of hydrogen-bond acceptors (Lipinski definition) is 5. The third-order valence-corrected chi connectivity index (χ3v) is 2.80. The third-order valence-electron chi connectivity index (χ3n) is 2.80. The van der Waals surface area contributed by atoms with E-state index in [-0.39, 0.29) is 11.3 Å². The second-order valence-corrected chi connectivity index (χ2v) is 6.09. The number of hydrogen-bond donors (Lipinski definition) is 3. The number of carbonyl (C=O) groups excluding carboxylic acids is 3. The Balaban J connectivity index is 1.94. The molecule has 0 unspecified atom stereocenters. The molecule has 25 heavy (non-hydrogen) atoms. The lowest BCUT2D eigenvalue weighted by molar-refractivity contribution is 0.0635. The summed E-state index contributed by atoms with van der Waals surface area (Å²) in [6.45, 7) is 5.24. The first-order valence-corrected chi connectivity index (χ1v) is 7.49. The van der Waals surface area contributed by atoms with Gasteiger partial charge in [0, 0.05) is 11.3 Å². The number of furan rings is 1. The zero-order valence-electron chi connectivity index (χ0n) is 14.1. The number of amides is 3. The minimum Gasteiger partial charge on any atom is -0.459 e. The number of anilines is 1. The number of benzene rings is 1. The van der Waals surface area contributed by atoms with E-state index in [1.807, 2.05) is 0 Å². The number of rotatable bonds is 3. The molecule has 0 saturated heterocycles. The summed E-state index contributed by atoms with van der Waals surface area (Å²) in [5.41, 5.74) is 4.50. The van der Waals surface area contributed by atoms with Gasteiger partial charge in [0.1, 0.15) is 5.60 Å². The molecule has 1 heterocycles. The van der Waals surface area contributed by atoms with Gasteiger partial charge in [-0.3, -0.25) is 25.8 Å². The highest BCUT2D eigenvalue weighted by atomic mass is 16.6. The summed E-state index contributed by atoms with van der Waals surface area (Å²) >= 11 is 0. The van der Waals surface area contributed by atoms with Crippen molar-refractivity contribution in [2.75, 3.05) is 5.32 Å².